The van der Waals surface area contributed by atoms with Gasteiger partial charge in [-0.2, -0.15) is 0 Å². The minimum atomic E-state index is -0.267. The summed E-state index contributed by atoms with van der Waals surface area (Å²) in [4.78, 5) is 12.4. The van der Waals surface area contributed by atoms with Crippen LogP contribution in [0.4, 0.5) is 0 Å². The summed E-state index contributed by atoms with van der Waals surface area (Å²) in [5.74, 6) is 2.52. The van der Waals surface area contributed by atoms with Crippen LogP contribution >= 0.6 is 0 Å². The summed E-state index contributed by atoms with van der Waals surface area (Å²) in [6.45, 7) is 2.35. The van der Waals surface area contributed by atoms with Gasteiger partial charge in [-0.3, -0.25) is 4.79 Å². The van der Waals surface area contributed by atoms with Crippen LogP contribution in [-0.4, -0.2) is 36.0 Å². The average molecular weight is 391 g/mol. The lowest BCUT2D eigenvalue weighted by molar-refractivity contribution is -0.148. The Labute approximate surface area is 170 Å². The Balaban J connectivity index is 1.54. The fourth-order valence-electron chi connectivity index (χ4n) is 6.01. The van der Waals surface area contributed by atoms with E-state index in [4.69, 9.17) is 9.84 Å². The van der Waals surface area contributed by atoms with Gasteiger partial charge in [-0.1, -0.05) is 43.6 Å². The van der Waals surface area contributed by atoms with E-state index in [0.29, 0.717) is 17.8 Å². The predicted octanol–water partition coefficient (Wildman–Crippen LogP) is 4.26. The van der Waals surface area contributed by atoms with Crippen LogP contribution in [0.1, 0.15) is 64.7 Å². The van der Waals surface area contributed by atoms with E-state index in [1.54, 1.807) is 6.08 Å². The van der Waals surface area contributed by atoms with Crippen LogP contribution in [-0.2, 0) is 9.53 Å². The third-order valence-corrected chi connectivity index (χ3v) is 7.62. The van der Waals surface area contributed by atoms with E-state index < -0.39 is 0 Å². The molecule has 4 nitrogen and oxygen atoms in total. The molecule has 5 atom stereocenters. The summed E-state index contributed by atoms with van der Waals surface area (Å²) in [6, 6.07) is 0. The molecule has 0 aromatic rings. The van der Waals surface area contributed by atoms with Gasteiger partial charge in [0.2, 0.25) is 0 Å². The molecule has 0 radical (unpaired) electrons. The second-order valence-corrected chi connectivity index (χ2v) is 9.41. The lowest BCUT2D eigenvalue weighted by atomic mass is 9.75. The first-order valence-corrected chi connectivity index (χ1v) is 11.2. The third kappa shape index (κ3) is 5.07. The number of aliphatic hydroxyl groups excluding tert-OH is 2. The first kappa shape index (κ1) is 21.6. The van der Waals surface area contributed by atoms with Gasteiger partial charge < -0.3 is 14.9 Å². The number of carbonyl (C=O) groups is 1. The van der Waals surface area contributed by atoms with Crippen molar-refractivity contribution in [1.82, 2.24) is 0 Å². The molecule has 28 heavy (non-hydrogen) atoms. The van der Waals surface area contributed by atoms with Gasteiger partial charge >= 0.3 is 5.97 Å². The highest BCUT2D eigenvalue weighted by Gasteiger charge is 2.44. The minimum Gasteiger partial charge on any atom is -0.469 e. The number of rotatable bonds is 7. The highest BCUT2D eigenvalue weighted by Crippen LogP contribution is 2.50. The standard InChI is InChI=1S/C24H38O4/c1-16-8-10-18(11-9-16)20(24(27)28-2)6-3-5-17-13-19-15-23(26)21(7-4-12-25)22(19)14-17/h4-5,7,16,18-23,25-26H,3,6,8-15H2,1-2H3/t16?,18?,19-,20?,21-,22+,23-/m1/s1. The van der Waals surface area contributed by atoms with Crippen molar-refractivity contribution in [2.75, 3.05) is 13.7 Å². The Hall–Kier alpha value is -1.13. The van der Waals surface area contributed by atoms with E-state index in [0.717, 1.165) is 50.9 Å². The second kappa shape index (κ2) is 10.1. The SMILES string of the molecule is COC(=O)C(CCC=C1C[C@@H]2C[C@@H](O)[C@H](C=CCO)[C@H]2C1)C1CCC(C)CC1. The number of esters is 1. The molecule has 1 unspecified atom stereocenters. The molecule has 3 aliphatic rings. The summed E-state index contributed by atoms with van der Waals surface area (Å²) < 4.78 is 5.12. The third-order valence-electron chi connectivity index (χ3n) is 7.62. The quantitative estimate of drug-likeness (QED) is 0.503. The summed E-state index contributed by atoms with van der Waals surface area (Å²) in [6.07, 6.45) is 15.5. The van der Waals surface area contributed by atoms with E-state index in [1.165, 1.54) is 25.5 Å². The van der Waals surface area contributed by atoms with E-state index in [1.807, 2.05) is 6.08 Å². The highest BCUT2D eigenvalue weighted by atomic mass is 16.5. The van der Waals surface area contributed by atoms with Crippen molar-refractivity contribution in [1.29, 1.82) is 0 Å². The van der Waals surface area contributed by atoms with Crippen molar-refractivity contribution in [3.05, 3.63) is 23.8 Å². The van der Waals surface area contributed by atoms with Gasteiger partial charge in [-0.25, -0.2) is 0 Å². The number of methoxy groups -OCH3 is 1. The molecule has 0 spiro atoms. The normalized spacial score (nSPS) is 38.1. The van der Waals surface area contributed by atoms with Crippen molar-refractivity contribution in [3.63, 3.8) is 0 Å². The topological polar surface area (TPSA) is 66.8 Å². The zero-order valence-electron chi connectivity index (χ0n) is 17.6. The van der Waals surface area contributed by atoms with Gasteiger partial charge in [0.05, 0.1) is 25.7 Å². The molecule has 0 saturated heterocycles. The number of carbonyl (C=O) groups excluding carboxylic acids is 1. The maximum atomic E-state index is 12.4. The molecule has 4 heteroatoms. The van der Waals surface area contributed by atoms with Crippen LogP contribution in [0.15, 0.2) is 23.8 Å². The Morgan fingerprint density at radius 3 is 2.68 bits per heavy atom. The summed E-state index contributed by atoms with van der Waals surface area (Å²) in [7, 11) is 1.52. The van der Waals surface area contributed by atoms with Gasteiger partial charge in [0.15, 0.2) is 0 Å². The van der Waals surface area contributed by atoms with Crippen molar-refractivity contribution in [3.8, 4) is 0 Å². The molecule has 158 valence electrons. The van der Waals surface area contributed by atoms with Gasteiger partial charge in [0.1, 0.15) is 0 Å². The van der Waals surface area contributed by atoms with Crippen LogP contribution in [0.2, 0.25) is 0 Å². The van der Waals surface area contributed by atoms with Gasteiger partial charge in [-0.15, -0.1) is 0 Å². The van der Waals surface area contributed by atoms with Crippen molar-refractivity contribution in [2.24, 2.45) is 35.5 Å². The molecule has 0 aliphatic heterocycles. The highest BCUT2D eigenvalue weighted by molar-refractivity contribution is 5.72. The second-order valence-electron chi connectivity index (χ2n) is 9.41. The number of allylic oxidation sites excluding steroid dienone is 2. The lowest BCUT2D eigenvalue weighted by Gasteiger charge is -2.31. The molecular weight excluding hydrogens is 352 g/mol. The van der Waals surface area contributed by atoms with Gasteiger partial charge in [0.25, 0.3) is 0 Å². The minimum absolute atomic E-state index is 0.0291. The molecule has 3 rings (SSSR count). The average Bonchev–Trinajstić information content (AvgIpc) is 3.20. The van der Waals surface area contributed by atoms with Gasteiger partial charge in [-0.05, 0) is 68.6 Å². The molecule has 2 N–H and O–H groups in total. The monoisotopic (exact) mass is 390 g/mol. The zero-order chi connectivity index (χ0) is 20.1. The van der Waals surface area contributed by atoms with Gasteiger partial charge in [0, 0.05) is 5.92 Å². The summed E-state index contributed by atoms with van der Waals surface area (Å²) in [5.41, 5.74) is 1.49. The van der Waals surface area contributed by atoms with E-state index >= 15 is 0 Å². The predicted molar refractivity (Wildman–Crippen MR) is 110 cm³/mol. The number of hydrogen-bond donors (Lipinski definition) is 2. The lowest BCUT2D eigenvalue weighted by Crippen LogP contribution is -2.28. The van der Waals surface area contributed by atoms with E-state index in [-0.39, 0.29) is 30.5 Å². The Kier molecular flexibility index (Phi) is 7.76. The van der Waals surface area contributed by atoms with Crippen LogP contribution in [0.25, 0.3) is 0 Å². The van der Waals surface area contributed by atoms with E-state index in [2.05, 4.69) is 13.0 Å². The molecule has 3 fully saturated rings. The number of ether oxygens (including phenoxy) is 1. The maximum Gasteiger partial charge on any atom is 0.308 e. The molecule has 3 aliphatic carbocycles. The number of hydrogen-bond acceptors (Lipinski definition) is 4. The molecule has 0 aromatic carbocycles. The number of aliphatic hydroxyl groups is 2. The molecule has 0 heterocycles. The van der Waals surface area contributed by atoms with Crippen molar-refractivity contribution >= 4 is 5.97 Å². The Morgan fingerprint density at radius 1 is 1.25 bits per heavy atom. The molecule has 0 bridgehead atoms. The first-order valence-electron chi connectivity index (χ1n) is 11.2. The van der Waals surface area contributed by atoms with Crippen LogP contribution in [0.5, 0.6) is 0 Å². The number of fused-ring (bicyclic) bond motifs is 1. The fraction of sp³-hybridized carbons (Fsp3) is 0.792. The smallest absolute Gasteiger partial charge is 0.308 e. The Bertz CT molecular complexity index is 573. The van der Waals surface area contributed by atoms with Crippen molar-refractivity contribution < 1.29 is 19.7 Å². The van der Waals surface area contributed by atoms with Crippen LogP contribution in [0, 0.1) is 35.5 Å². The molecular formula is C24H38O4. The maximum absolute atomic E-state index is 12.4. The van der Waals surface area contributed by atoms with E-state index in [9.17, 15) is 9.90 Å². The fourth-order valence-corrected chi connectivity index (χ4v) is 6.01. The largest absolute Gasteiger partial charge is 0.469 e. The molecule has 0 aromatic heterocycles. The summed E-state index contributed by atoms with van der Waals surface area (Å²) in [5, 5.41) is 19.3. The Morgan fingerprint density at radius 2 is 2.00 bits per heavy atom. The first-order chi connectivity index (χ1) is 13.5. The van der Waals surface area contributed by atoms with Crippen LogP contribution < -0.4 is 0 Å². The van der Waals surface area contributed by atoms with Crippen molar-refractivity contribution in [2.45, 2.75) is 70.8 Å². The molecule has 3 saturated carbocycles. The molecule has 0 amide bonds. The zero-order valence-corrected chi connectivity index (χ0v) is 17.6. The summed E-state index contributed by atoms with van der Waals surface area (Å²) >= 11 is 0. The van der Waals surface area contributed by atoms with Crippen LogP contribution in [0.3, 0.4) is 0 Å².